The van der Waals surface area contributed by atoms with Gasteiger partial charge in [-0.05, 0) is 38.8 Å². The predicted octanol–water partition coefficient (Wildman–Crippen LogP) is 3.01. The minimum absolute atomic E-state index is 0.00433. The SMILES string of the molecule is FC(F)(F)c1cn(CCN2CCCC2)c(C2CCN(c3ncnc4c3NCCN4)CC2)n1. The van der Waals surface area contributed by atoms with Gasteiger partial charge in [0.15, 0.2) is 17.3 Å². The van der Waals surface area contributed by atoms with Gasteiger partial charge >= 0.3 is 6.18 Å². The fraction of sp³-hybridized carbons (Fsp3) is 0.667. The standard InChI is InChI=1S/C21H29F3N8/c22-21(23,24)16-13-32(12-11-30-7-1-2-8-30)19(29-16)15-3-9-31(10-4-15)20-17-18(27-14-28-20)26-6-5-25-17/h13-15,25H,1-12H2,(H,26,27,28). The van der Waals surface area contributed by atoms with Gasteiger partial charge in [0.2, 0.25) is 0 Å². The molecule has 0 unspecified atom stereocenters. The number of rotatable bonds is 5. The average Bonchev–Trinajstić information content (AvgIpc) is 3.47. The highest BCUT2D eigenvalue weighted by atomic mass is 19.4. The summed E-state index contributed by atoms with van der Waals surface area (Å²) in [6.07, 6.45) is 2.15. The van der Waals surface area contributed by atoms with Crippen LogP contribution in [-0.4, -0.2) is 70.2 Å². The summed E-state index contributed by atoms with van der Waals surface area (Å²) >= 11 is 0. The van der Waals surface area contributed by atoms with Gasteiger partial charge in [-0.2, -0.15) is 13.2 Å². The molecule has 8 nitrogen and oxygen atoms in total. The first kappa shape index (κ1) is 21.3. The molecule has 2 fully saturated rings. The topological polar surface area (TPSA) is 74.1 Å². The van der Waals surface area contributed by atoms with Crippen LogP contribution in [-0.2, 0) is 12.7 Å². The Morgan fingerprint density at radius 3 is 2.47 bits per heavy atom. The Hall–Kier alpha value is -2.56. The number of nitrogens with zero attached hydrogens (tertiary/aromatic N) is 6. The van der Waals surface area contributed by atoms with Gasteiger partial charge in [-0.1, -0.05) is 0 Å². The molecule has 0 amide bonds. The molecule has 0 atom stereocenters. The van der Waals surface area contributed by atoms with Crippen LogP contribution in [0.25, 0.3) is 0 Å². The van der Waals surface area contributed by atoms with Crippen molar-refractivity contribution in [1.29, 1.82) is 0 Å². The van der Waals surface area contributed by atoms with Crippen molar-refractivity contribution in [2.45, 2.75) is 44.3 Å². The lowest BCUT2D eigenvalue weighted by atomic mass is 9.95. The third-order valence-corrected chi connectivity index (χ3v) is 6.66. The van der Waals surface area contributed by atoms with E-state index in [9.17, 15) is 13.2 Å². The number of alkyl halides is 3. The molecule has 0 radical (unpaired) electrons. The molecule has 0 aliphatic carbocycles. The Labute approximate surface area is 185 Å². The molecule has 0 bridgehead atoms. The van der Waals surface area contributed by atoms with E-state index in [1.54, 1.807) is 10.9 Å². The summed E-state index contributed by atoms with van der Waals surface area (Å²) in [5.74, 6) is 2.23. The lowest BCUT2D eigenvalue weighted by Crippen LogP contribution is -2.36. The van der Waals surface area contributed by atoms with E-state index in [2.05, 4.69) is 35.4 Å². The van der Waals surface area contributed by atoms with Crippen molar-refractivity contribution in [3.63, 3.8) is 0 Å². The van der Waals surface area contributed by atoms with Crippen molar-refractivity contribution in [3.8, 4) is 0 Å². The van der Waals surface area contributed by atoms with Crippen molar-refractivity contribution >= 4 is 17.3 Å². The highest BCUT2D eigenvalue weighted by molar-refractivity contribution is 5.78. The Morgan fingerprint density at radius 2 is 1.72 bits per heavy atom. The molecule has 0 saturated carbocycles. The highest BCUT2D eigenvalue weighted by Gasteiger charge is 2.36. The quantitative estimate of drug-likeness (QED) is 0.726. The number of piperidine rings is 1. The Balaban J connectivity index is 1.31. The fourth-order valence-electron chi connectivity index (χ4n) is 4.96. The molecule has 2 N–H and O–H groups in total. The summed E-state index contributed by atoms with van der Waals surface area (Å²) in [5.41, 5.74) is 0.125. The highest BCUT2D eigenvalue weighted by Crippen LogP contribution is 2.37. The summed E-state index contributed by atoms with van der Waals surface area (Å²) in [7, 11) is 0. The number of anilines is 3. The molecule has 2 saturated heterocycles. The normalized spacial score (nSPS) is 20.2. The van der Waals surface area contributed by atoms with Crippen molar-refractivity contribution in [1.82, 2.24) is 24.4 Å². The molecule has 5 heterocycles. The van der Waals surface area contributed by atoms with Crippen molar-refractivity contribution in [2.75, 3.05) is 61.3 Å². The van der Waals surface area contributed by atoms with E-state index in [0.717, 1.165) is 76.0 Å². The second-order valence-corrected chi connectivity index (χ2v) is 8.76. The molecule has 3 aliphatic heterocycles. The van der Waals surface area contributed by atoms with Gasteiger partial charge in [-0.15, -0.1) is 0 Å². The van der Waals surface area contributed by atoms with Crippen molar-refractivity contribution in [2.24, 2.45) is 0 Å². The largest absolute Gasteiger partial charge is 0.434 e. The molecule has 32 heavy (non-hydrogen) atoms. The summed E-state index contributed by atoms with van der Waals surface area (Å²) in [5, 5.41) is 6.64. The van der Waals surface area contributed by atoms with Crippen LogP contribution in [0.5, 0.6) is 0 Å². The lowest BCUT2D eigenvalue weighted by molar-refractivity contribution is -0.141. The molecule has 2 aromatic rings. The average molecular weight is 451 g/mol. The Kier molecular flexibility index (Phi) is 5.83. The number of aromatic nitrogens is 4. The third kappa shape index (κ3) is 4.35. The maximum atomic E-state index is 13.4. The molecule has 5 rings (SSSR count). The molecule has 11 heteroatoms. The third-order valence-electron chi connectivity index (χ3n) is 6.66. The van der Waals surface area contributed by atoms with Crippen LogP contribution in [0.2, 0.25) is 0 Å². The molecule has 0 aromatic carbocycles. The van der Waals surface area contributed by atoms with Gasteiger partial charge in [0.05, 0.1) is 0 Å². The lowest BCUT2D eigenvalue weighted by Gasteiger charge is -2.34. The Morgan fingerprint density at radius 1 is 0.969 bits per heavy atom. The number of likely N-dealkylation sites (tertiary alicyclic amines) is 1. The minimum Gasteiger partial charge on any atom is -0.377 e. The fourth-order valence-corrected chi connectivity index (χ4v) is 4.96. The first-order valence-corrected chi connectivity index (χ1v) is 11.4. The number of halogens is 3. The zero-order chi connectivity index (χ0) is 22.1. The van der Waals surface area contributed by atoms with E-state index in [4.69, 9.17) is 0 Å². The van der Waals surface area contributed by atoms with Crippen molar-refractivity contribution < 1.29 is 13.2 Å². The summed E-state index contributed by atoms with van der Waals surface area (Å²) in [6, 6.07) is 0. The van der Waals surface area contributed by atoms with Gasteiger partial charge in [0.1, 0.15) is 17.8 Å². The summed E-state index contributed by atoms with van der Waals surface area (Å²) < 4.78 is 42.0. The minimum atomic E-state index is -4.42. The van der Waals surface area contributed by atoms with Crippen LogP contribution in [0.15, 0.2) is 12.5 Å². The molecule has 0 spiro atoms. The molecule has 3 aliphatic rings. The maximum absolute atomic E-state index is 13.4. The van der Waals surface area contributed by atoms with E-state index in [0.29, 0.717) is 12.4 Å². The van der Waals surface area contributed by atoms with Gasteiger partial charge in [0, 0.05) is 51.4 Å². The van der Waals surface area contributed by atoms with Gasteiger partial charge in [-0.25, -0.2) is 15.0 Å². The smallest absolute Gasteiger partial charge is 0.377 e. The molecular weight excluding hydrogens is 421 g/mol. The number of hydrogen-bond donors (Lipinski definition) is 2. The van der Waals surface area contributed by atoms with Gasteiger partial charge < -0.3 is 25.0 Å². The number of hydrogen-bond acceptors (Lipinski definition) is 7. The second-order valence-electron chi connectivity index (χ2n) is 8.76. The van der Waals surface area contributed by atoms with E-state index in [1.165, 1.54) is 19.0 Å². The number of fused-ring (bicyclic) bond motifs is 1. The molecular formula is C21H29F3N8. The molecule has 174 valence electrons. The first-order chi connectivity index (χ1) is 15.5. The van der Waals surface area contributed by atoms with Crippen LogP contribution in [0, 0.1) is 0 Å². The summed E-state index contributed by atoms with van der Waals surface area (Å²) in [6.45, 7) is 6.43. The number of nitrogens with one attached hydrogen (secondary N) is 2. The monoisotopic (exact) mass is 450 g/mol. The van der Waals surface area contributed by atoms with Crippen molar-refractivity contribution in [3.05, 3.63) is 24.0 Å². The van der Waals surface area contributed by atoms with E-state index >= 15 is 0 Å². The second kappa shape index (κ2) is 8.76. The molecule has 2 aromatic heterocycles. The Bertz CT molecular complexity index is 930. The van der Waals surface area contributed by atoms with E-state index < -0.39 is 11.9 Å². The zero-order valence-corrected chi connectivity index (χ0v) is 18.0. The number of imidazole rings is 1. The van der Waals surface area contributed by atoms with Crippen LogP contribution in [0.4, 0.5) is 30.5 Å². The van der Waals surface area contributed by atoms with Crippen LogP contribution in [0.3, 0.4) is 0 Å². The van der Waals surface area contributed by atoms with Crippen LogP contribution in [0.1, 0.15) is 43.1 Å². The van der Waals surface area contributed by atoms with Crippen LogP contribution < -0.4 is 15.5 Å². The van der Waals surface area contributed by atoms with Crippen LogP contribution >= 0.6 is 0 Å². The predicted molar refractivity (Wildman–Crippen MR) is 116 cm³/mol. The zero-order valence-electron chi connectivity index (χ0n) is 18.0. The maximum Gasteiger partial charge on any atom is 0.434 e. The first-order valence-electron chi connectivity index (χ1n) is 11.4. The van der Waals surface area contributed by atoms with Gasteiger partial charge in [-0.3, -0.25) is 0 Å². The summed E-state index contributed by atoms with van der Waals surface area (Å²) in [4.78, 5) is 17.4. The van der Waals surface area contributed by atoms with E-state index in [-0.39, 0.29) is 5.92 Å². The van der Waals surface area contributed by atoms with Gasteiger partial charge in [0.25, 0.3) is 0 Å². The van der Waals surface area contributed by atoms with E-state index in [1.807, 2.05) is 0 Å².